The van der Waals surface area contributed by atoms with Gasteiger partial charge in [-0.3, -0.25) is 4.79 Å². The zero-order valence-corrected chi connectivity index (χ0v) is 15.1. The zero-order valence-electron chi connectivity index (χ0n) is 14.2. The summed E-state index contributed by atoms with van der Waals surface area (Å²) in [6.07, 6.45) is 5.09. The molecule has 4 nitrogen and oxygen atoms in total. The van der Waals surface area contributed by atoms with Crippen LogP contribution in [0.2, 0.25) is 0 Å². The van der Waals surface area contributed by atoms with Gasteiger partial charge in [0.1, 0.15) is 0 Å². The second-order valence-electron chi connectivity index (χ2n) is 7.52. The van der Waals surface area contributed by atoms with E-state index in [1.165, 1.54) is 0 Å². The molecule has 0 aromatic carbocycles. The summed E-state index contributed by atoms with van der Waals surface area (Å²) in [5.74, 6) is 0.641. The number of amides is 1. The van der Waals surface area contributed by atoms with Crippen molar-refractivity contribution in [3.63, 3.8) is 0 Å². The Labute approximate surface area is 143 Å². The van der Waals surface area contributed by atoms with Gasteiger partial charge in [-0.2, -0.15) is 0 Å². The molecule has 0 unspecified atom stereocenters. The van der Waals surface area contributed by atoms with E-state index in [1.54, 1.807) is 18.0 Å². The highest BCUT2D eigenvalue weighted by Crippen LogP contribution is 2.33. The number of pyridine rings is 1. The molecule has 0 spiro atoms. The summed E-state index contributed by atoms with van der Waals surface area (Å²) in [4.78, 5) is 19.5. The molecule has 126 valence electrons. The highest BCUT2D eigenvalue weighted by molar-refractivity contribution is 8.00. The molecule has 1 aromatic heterocycles. The van der Waals surface area contributed by atoms with E-state index in [1.807, 2.05) is 12.1 Å². The van der Waals surface area contributed by atoms with Crippen molar-refractivity contribution in [2.24, 2.45) is 5.92 Å². The van der Waals surface area contributed by atoms with Crippen LogP contribution in [0.3, 0.4) is 0 Å². The zero-order chi connectivity index (χ0) is 16.4. The lowest BCUT2D eigenvalue weighted by atomic mass is 10.1. The topological polar surface area (TPSA) is 42.4 Å². The summed E-state index contributed by atoms with van der Waals surface area (Å²) in [6.45, 7) is 8.92. The first kappa shape index (κ1) is 16.8. The molecule has 2 fully saturated rings. The standard InChI is InChI=1S/C18H26N2O2S/c1-18(2,3)23-16-10-14(6-8-19-16)17(21)20(15-4-5-15)11-13-7-9-22-12-13/h6,8,10,13,15H,4-5,7,9,11-12H2,1-3H3/t13-/m0/s1. The van der Waals surface area contributed by atoms with Crippen LogP contribution >= 0.6 is 11.8 Å². The molecule has 0 radical (unpaired) electrons. The third-order valence-electron chi connectivity index (χ3n) is 4.12. The molecule has 2 heterocycles. The van der Waals surface area contributed by atoms with Crippen LogP contribution in [0, 0.1) is 5.92 Å². The Morgan fingerprint density at radius 2 is 2.17 bits per heavy atom. The molecular weight excluding hydrogens is 308 g/mol. The fourth-order valence-corrected chi connectivity index (χ4v) is 3.79. The van der Waals surface area contributed by atoms with Gasteiger partial charge in [0.15, 0.2) is 0 Å². The maximum absolute atomic E-state index is 13.0. The average molecular weight is 334 g/mol. The van der Waals surface area contributed by atoms with E-state index in [-0.39, 0.29) is 10.7 Å². The Morgan fingerprint density at radius 1 is 1.39 bits per heavy atom. The number of nitrogens with zero attached hydrogens (tertiary/aromatic N) is 2. The van der Waals surface area contributed by atoms with Crippen LogP contribution in [0.25, 0.3) is 0 Å². The van der Waals surface area contributed by atoms with Gasteiger partial charge in [0.05, 0.1) is 11.6 Å². The molecule has 1 atom stereocenters. The summed E-state index contributed by atoms with van der Waals surface area (Å²) in [5, 5.41) is 0.920. The molecule has 0 N–H and O–H groups in total. The molecule has 1 saturated carbocycles. The van der Waals surface area contributed by atoms with Crippen LogP contribution in [0.5, 0.6) is 0 Å². The van der Waals surface area contributed by atoms with Gasteiger partial charge in [-0.1, -0.05) is 20.8 Å². The van der Waals surface area contributed by atoms with Gasteiger partial charge in [-0.15, -0.1) is 11.8 Å². The summed E-state index contributed by atoms with van der Waals surface area (Å²) in [5.41, 5.74) is 0.762. The lowest BCUT2D eigenvalue weighted by Crippen LogP contribution is -2.37. The van der Waals surface area contributed by atoms with E-state index in [0.717, 1.165) is 49.6 Å². The monoisotopic (exact) mass is 334 g/mol. The Morgan fingerprint density at radius 3 is 2.78 bits per heavy atom. The van der Waals surface area contributed by atoms with Crippen molar-refractivity contribution in [3.8, 4) is 0 Å². The van der Waals surface area contributed by atoms with Gasteiger partial charge < -0.3 is 9.64 Å². The fourth-order valence-electron chi connectivity index (χ4n) is 2.87. The minimum Gasteiger partial charge on any atom is -0.381 e. The maximum Gasteiger partial charge on any atom is 0.254 e. The molecule has 1 aromatic rings. The second-order valence-corrected chi connectivity index (χ2v) is 9.36. The van der Waals surface area contributed by atoms with Crippen LogP contribution in [-0.4, -0.2) is 46.3 Å². The smallest absolute Gasteiger partial charge is 0.254 e. The molecule has 1 aliphatic heterocycles. The minimum atomic E-state index is 0.0893. The van der Waals surface area contributed by atoms with Gasteiger partial charge in [0.25, 0.3) is 5.91 Å². The molecule has 1 amide bonds. The fraction of sp³-hybridized carbons (Fsp3) is 0.667. The molecule has 0 bridgehead atoms. The summed E-state index contributed by atoms with van der Waals surface area (Å²) >= 11 is 1.70. The molecular formula is C18H26N2O2S. The van der Waals surface area contributed by atoms with E-state index >= 15 is 0 Å². The first-order valence-electron chi connectivity index (χ1n) is 8.46. The van der Waals surface area contributed by atoms with E-state index in [4.69, 9.17) is 4.74 Å². The number of hydrogen-bond donors (Lipinski definition) is 0. The van der Waals surface area contributed by atoms with Crippen molar-refractivity contribution in [2.45, 2.75) is 55.8 Å². The van der Waals surface area contributed by atoms with Crippen LogP contribution in [0.4, 0.5) is 0 Å². The van der Waals surface area contributed by atoms with Gasteiger partial charge in [-0.05, 0) is 31.4 Å². The van der Waals surface area contributed by atoms with Crippen LogP contribution in [-0.2, 0) is 4.74 Å². The van der Waals surface area contributed by atoms with E-state index in [2.05, 4.69) is 30.7 Å². The van der Waals surface area contributed by atoms with Crippen molar-refractivity contribution >= 4 is 17.7 Å². The molecule has 3 rings (SSSR count). The maximum atomic E-state index is 13.0. The SMILES string of the molecule is CC(C)(C)Sc1cc(C(=O)N(C[C@@H]2CCOC2)C2CC2)ccn1. The van der Waals surface area contributed by atoms with Crippen molar-refractivity contribution in [2.75, 3.05) is 19.8 Å². The predicted octanol–water partition coefficient (Wildman–Crippen LogP) is 3.61. The van der Waals surface area contributed by atoms with Crippen LogP contribution < -0.4 is 0 Å². The van der Waals surface area contributed by atoms with Crippen molar-refractivity contribution in [1.82, 2.24) is 9.88 Å². The second kappa shape index (κ2) is 6.81. The largest absolute Gasteiger partial charge is 0.381 e. The lowest BCUT2D eigenvalue weighted by Gasteiger charge is -2.25. The quantitative estimate of drug-likeness (QED) is 0.772. The van der Waals surface area contributed by atoms with Gasteiger partial charge in [0.2, 0.25) is 0 Å². The number of hydrogen-bond acceptors (Lipinski definition) is 4. The molecule has 23 heavy (non-hydrogen) atoms. The highest BCUT2D eigenvalue weighted by atomic mass is 32.2. The summed E-state index contributed by atoms with van der Waals surface area (Å²) in [7, 11) is 0. The molecule has 1 aliphatic carbocycles. The van der Waals surface area contributed by atoms with E-state index < -0.39 is 0 Å². The molecule has 5 heteroatoms. The predicted molar refractivity (Wildman–Crippen MR) is 92.8 cm³/mol. The first-order valence-corrected chi connectivity index (χ1v) is 9.28. The average Bonchev–Trinajstić information content (AvgIpc) is 3.19. The normalized spacial score (nSPS) is 21.4. The van der Waals surface area contributed by atoms with Crippen LogP contribution in [0.15, 0.2) is 23.4 Å². The van der Waals surface area contributed by atoms with Gasteiger partial charge in [0, 0.05) is 41.6 Å². The van der Waals surface area contributed by atoms with Crippen LogP contribution in [0.1, 0.15) is 50.4 Å². The Bertz CT molecular complexity index is 560. The number of ether oxygens (including phenoxy) is 1. The number of aromatic nitrogens is 1. The number of carbonyl (C=O) groups excluding carboxylic acids is 1. The summed E-state index contributed by atoms with van der Waals surface area (Å²) in [6, 6.07) is 4.21. The van der Waals surface area contributed by atoms with Gasteiger partial charge >= 0.3 is 0 Å². The van der Waals surface area contributed by atoms with Crippen molar-refractivity contribution in [1.29, 1.82) is 0 Å². The van der Waals surface area contributed by atoms with Crippen molar-refractivity contribution in [3.05, 3.63) is 23.9 Å². The number of carbonyl (C=O) groups is 1. The lowest BCUT2D eigenvalue weighted by molar-refractivity contribution is 0.0706. The van der Waals surface area contributed by atoms with E-state index in [9.17, 15) is 4.79 Å². The van der Waals surface area contributed by atoms with Gasteiger partial charge in [-0.25, -0.2) is 4.98 Å². The molecule has 1 saturated heterocycles. The highest BCUT2D eigenvalue weighted by Gasteiger charge is 2.35. The Balaban J connectivity index is 1.73. The number of rotatable bonds is 5. The third kappa shape index (κ3) is 4.70. The first-order chi connectivity index (χ1) is 10.9. The number of thioether (sulfide) groups is 1. The Hall–Kier alpha value is -1.07. The summed E-state index contributed by atoms with van der Waals surface area (Å²) < 4.78 is 5.56. The molecule has 2 aliphatic rings. The third-order valence-corrected chi connectivity index (χ3v) is 5.16. The Kier molecular flexibility index (Phi) is 4.97. The van der Waals surface area contributed by atoms with Crippen molar-refractivity contribution < 1.29 is 9.53 Å². The minimum absolute atomic E-state index is 0.0893. The van der Waals surface area contributed by atoms with E-state index in [0.29, 0.717) is 12.0 Å².